The van der Waals surface area contributed by atoms with Crippen molar-refractivity contribution < 1.29 is 14.6 Å². The highest BCUT2D eigenvalue weighted by atomic mass is 35.5. The number of pyridine rings is 2. The molecule has 2 aromatic heterocycles. The van der Waals surface area contributed by atoms with E-state index in [0.29, 0.717) is 29.4 Å². The van der Waals surface area contributed by atoms with Crippen LogP contribution in [0.3, 0.4) is 0 Å². The number of aliphatic hydroxyl groups excluding tert-OH is 1. The van der Waals surface area contributed by atoms with E-state index in [0.717, 1.165) is 18.7 Å². The third-order valence-electron chi connectivity index (χ3n) is 5.35. The molecule has 0 bridgehead atoms. The monoisotopic (exact) mass is 422 g/mol. The quantitative estimate of drug-likeness (QED) is 0.566. The van der Waals surface area contributed by atoms with Gasteiger partial charge in [0.1, 0.15) is 16.7 Å². The minimum Gasteiger partial charge on any atom is -0.396 e. The second-order valence-corrected chi connectivity index (χ2v) is 8.72. The number of aromatic nitrogens is 2. The average molecular weight is 423 g/mol. The summed E-state index contributed by atoms with van der Waals surface area (Å²) in [5, 5.41) is 22.7. The molecule has 6 nitrogen and oxygen atoms in total. The Labute approximate surface area is 175 Å². The largest absolute Gasteiger partial charge is 0.396 e. The molecule has 0 radical (unpaired) electrons. The van der Waals surface area contributed by atoms with Gasteiger partial charge in [0.05, 0.1) is 5.60 Å². The molecule has 0 amide bonds. The molecule has 0 saturated carbocycles. The zero-order valence-corrected chi connectivity index (χ0v) is 17.7. The number of nitrogens with zero attached hydrogens (tertiary/aromatic N) is 3. The maximum atomic E-state index is 14.9. The number of aliphatic hydroxyl groups is 2. The normalized spacial score (nSPS) is 16.5. The Morgan fingerprint density at radius 1 is 1.31 bits per heavy atom. The summed E-state index contributed by atoms with van der Waals surface area (Å²) in [7, 11) is 0. The molecule has 1 atom stereocenters. The van der Waals surface area contributed by atoms with Crippen LogP contribution in [-0.4, -0.2) is 56.4 Å². The highest BCUT2D eigenvalue weighted by Crippen LogP contribution is 2.32. The van der Waals surface area contributed by atoms with Crippen molar-refractivity contribution in [3.05, 3.63) is 41.1 Å². The molecule has 29 heavy (non-hydrogen) atoms. The van der Waals surface area contributed by atoms with Gasteiger partial charge in [0.25, 0.3) is 0 Å². The van der Waals surface area contributed by atoms with E-state index in [9.17, 15) is 9.50 Å². The van der Waals surface area contributed by atoms with Crippen molar-refractivity contribution >= 4 is 17.3 Å². The smallest absolute Gasteiger partial charge is 0.149 e. The molecule has 0 aliphatic carbocycles. The molecule has 3 N–H and O–H groups in total. The van der Waals surface area contributed by atoms with Crippen LogP contribution in [-0.2, 0) is 6.54 Å². The summed E-state index contributed by atoms with van der Waals surface area (Å²) in [5.74, 6) is -0.196. The molecule has 158 valence electrons. The minimum atomic E-state index is -0.692. The summed E-state index contributed by atoms with van der Waals surface area (Å²) < 4.78 is 14.9. The van der Waals surface area contributed by atoms with E-state index in [1.165, 1.54) is 12.3 Å². The van der Waals surface area contributed by atoms with Crippen LogP contribution in [0, 0.1) is 11.7 Å². The van der Waals surface area contributed by atoms with E-state index in [2.05, 4.69) is 20.2 Å². The van der Waals surface area contributed by atoms with Gasteiger partial charge in [-0.2, -0.15) is 0 Å². The summed E-state index contributed by atoms with van der Waals surface area (Å²) in [6.45, 7) is 7.77. The molecule has 1 aliphatic rings. The Balaban J connectivity index is 1.75. The first-order valence-corrected chi connectivity index (χ1v) is 10.2. The number of likely N-dealkylation sites (tertiary alicyclic amines) is 1. The Hall–Kier alpha value is -1.80. The maximum absolute atomic E-state index is 14.9. The number of halogens is 2. The number of anilines is 1. The van der Waals surface area contributed by atoms with Gasteiger partial charge in [0, 0.05) is 61.8 Å². The third kappa shape index (κ3) is 5.42. The second-order valence-electron chi connectivity index (χ2n) is 8.33. The van der Waals surface area contributed by atoms with Crippen molar-refractivity contribution in [3.63, 3.8) is 0 Å². The first-order valence-electron chi connectivity index (χ1n) is 9.80. The Bertz CT molecular complexity index is 853. The highest BCUT2D eigenvalue weighted by Gasteiger charge is 2.37. The van der Waals surface area contributed by atoms with Gasteiger partial charge >= 0.3 is 0 Å². The predicted octanol–water partition coefficient (Wildman–Crippen LogP) is 3.32. The van der Waals surface area contributed by atoms with Gasteiger partial charge in [-0.1, -0.05) is 11.6 Å². The molecule has 0 unspecified atom stereocenters. The van der Waals surface area contributed by atoms with Crippen molar-refractivity contribution in [2.45, 2.75) is 45.4 Å². The summed E-state index contributed by atoms with van der Waals surface area (Å²) in [5.41, 5.74) is 1.44. The summed E-state index contributed by atoms with van der Waals surface area (Å²) >= 11 is 6.02. The lowest BCUT2D eigenvalue weighted by atomic mass is 9.84. The van der Waals surface area contributed by atoms with Gasteiger partial charge in [-0.25, -0.2) is 9.37 Å². The van der Waals surface area contributed by atoms with Crippen LogP contribution in [0.15, 0.2) is 24.5 Å². The molecule has 0 aromatic carbocycles. The SMILES string of the molecule is C[C@@H](CCO)Nc1cc(Cl)ncc1-c1ncc(CN2CC(C(C)(C)O)C2)cc1F. The van der Waals surface area contributed by atoms with E-state index < -0.39 is 11.4 Å². The second kappa shape index (κ2) is 8.92. The fraction of sp³-hybridized carbons (Fsp3) is 0.524. The van der Waals surface area contributed by atoms with Gasteiger partial charge in [-0.05, 0) is 44.9 Å². The van der Waals surface area contributed by atoms with E-state index in [4.69, 9.17) is 16.7 Å². The highest BCUT2D eigenvalue weighted by molar-refractivity contribution is 6.29. The molecular weight excluding hydrogens is 395 g/mol. The van der Waals surface area contributed by atoms with Crippen LogP contribution in [0.4, 0.5) is 10.1 Å². The van der Waals surface area contributed by atoms with E-state index in [1.54, 1.807) is 12.3 Å². The molecule has 1 fully saturated rings. The van der Waals surface area contributed by atoms with Gasteiger partial charge in [-0.3, -0.25) is 9.88 Å². The standard InChI is InChI=1S/C21H28ClFN4O2/c1-13(4-5-28)26-18-7-19(22)24-9-16(18)20-17(23)6-14(8-25-20)10-27-11-15(12-27)21(2,3)29/h6-9,13,15,28-29H,4-5,10-12H2,1-3H3,(H,24,26)/t13-/m0/s1. The molecule has 8 heteroatoms. The zero-order chi connectivity index (χ0) is 21.2. The van der Waals surface area contributed by atoms with E-state index in [-0.39, 0.29) is 24.3 Å². The van der Waals surface area contributed by atoms with Crippen LogP contribution in [0.1, 0.15) is 32.8 Å². The van der Waals surface area contributed by atoms with Crippen molar-refractivity contribution in [2.24, 2.45) is 5.92 Å². The third-order valence-corrected chi connectivity index (χ3v) is 5.56. The predicted molar refractivity (Wildman–Crippen MR) is 112 cm³/mol. The Morgan fingerprint density at radius 2 is 2.03 bits per heavy atom. The van der Waals surface area contributed by atoms with Crippen molar-refractivity contribution in [3.8, 4) is 11.3 Å². The molecule has 2 aromatic rings. The fourth-order valence-corrected chi connectivity index (χ4v) is 3.59. The van der Waals surface area contributed by atoms with Crippen LogP contribution in [0.25, 0.3) is 11.3 Å². The minimum absolute atomic E-state index is 0.0188. The van der Waals surface area contributed by atoms with Gasteiger partial charge in [0.15, 0.2) is 0 Å². The number of nitrogens with one attached hydrogen (secondary N) is 1. The molecule has 0 spiro atoms. The fourth-order valence-electron chi connectivity index (χ4n) is 3.44. The maximum Gasteiger partial charge on any atom is 0.149 e. The van der Waals surface area contributed by atoms with Crippen molar-refractivity contribution in [1.29, 1.82) is 0 Å². The van der Waals surface area contributed by atoms with Gasteiger partial charge in [0.2, 0.25) is 0 Å². The lowest BCUT2D eigenvalue weighted by Gasteiger charge is -2.45. The van der Waals surface area contributed by atoms with E-state index >= 15 is 0 Å². The topological polar surface area (TPSA) is 81.5 Å². The Kier molecular flexibility index (Phi) is 6.73. The number of hydrogen-bond acceptors (Lipinski definition) is 6. The van der Waals surface area contributed by atoms with Crippen molar-refractivity contribution in [2.75, 3.05) is 25.0 Å². The molecule has 1 saturated heterocycles. The zero-order valence-electron chi connectivity index (χ0n) is 17.0. The van der Waals surface area contributed by atoms with Crippen LogP contribution >= 0.6 is 11.6 Å². The summed E-state index contributed by atoms with van der Waals surface area (Å²) in [4.78, 5) is 10.6. The first kappa shape index (κ1) is 21.9. The van der Waals surface area contributed by atoms with Crippen LogP contribution in [0.2, 0.25) is 5.15 Å². The van der Waals surface area contributed by atoms with Gasteiger partial charge in [-0.15, -0.1) is 0 Å². The van der Waals surface area contributed by atoms with Crippen LogP contribution < -0.4 is 5.32 Å². The lowest BCUT2D eigenvalue weighted by molar-refractivity contribution is -0.0648. The summed E-state index contributed by atoms with van der Waals surface area (Å²) in [6, 6.07) is 3.11. The molecule has 3 heterocycles. The molecule has 3 rings (SSSR count). The Morgan fingerprint density at radius 3 is 2.66 bits per heavy atom. The lowest BCUT2D eigenvalue weighted by Crippen LogP contribution is -2.55. The number of hydrogen-bond donors (Lipinski definition) is 3. The van der Waals surface area contributed by atoms with Crippen molar-refractivity contribution in [1.82, 2.24) is 14.9 Å². The first-order chi connectivity index (χ1) is 13.7. The molecular formula is C21H28ClFN4O2. The summed E-state index contributed by atoms with van der Waals surface area (Å²) in [6.07, 6.45) is 3.73. The van der Waals surface area contributed by atoms with E-state index in [1.807, 2.05) is 20.8 Å². The van der Waals surface area contributed by atoms with Gasteiger partial charge < -0.3 is 15.5 Å². The average Bonchev–Trinajstić information content (AvgIpc) is 2.58. The molecule has 1 aliphatic heterocycles. The number of rotatable bonds is 8. The van der Waals surface area contributed by atoms with Crippen LogP contribution in [0.5, 0.6) is 0 Å².